The van der Waals surface area contributed by atoms with Crippen molar-refractivity contribution in [3.05, 3.63) is 53.5 Å². The van der Waals surface area contributed by atoms with Gasteiger partial charge in [-0.1, -0.05) is 12.1 Å². The summed E-state index contributed by atoms with van der Waals surface area (Å²) in [7, 11) is 0. The van der Waals surface area contributed by atoms with E-state index in [2.05, 4.69) is 17.4 Å². The van der Waals surface area contributed by atoms with Gasteiger partial charge in [0.1, 0.15) is 17.8 Å². The molecule has 0 bridgehead atoms. The molecule has 1 amide bonds. The van der Waals surface area contributed by atoms with E-state index >= 15 is 0 Å². The molecule has 0 aliphatic rings. The van der Waals surface area contributed by atoms with Crippen molar-refractivity contribution in [1.29, 1.82) is 0 Å². The highest BCUT2D eigenvalue weighted by Gasteiger charge is 2.12. The molecule has 0 aliphatic heterocycles. The molecule has 0 fully saturated rings. The molecule has 1 aromatic heterocycles. The molecular weight excluding hydrogens is 304 g/mol. The number of carbonyl (C=O) groups excluding carboxylic acids is 1. The van der Waals surface area contributed by atoms with Crippen molar-refractivity contribution in [3.63, 3.8) is 0 Å². The van der Waals surface area contributed by atoms with Crippen molar-refractivity contribution in [3.8, 4) is 5.75 Å². The van der Waals surface area contributed by atoms with Gasteiger partial charge in [0.2, 0.25) is 0 Å². The molecule has 0 spiro atoms. The number of hydrogen-bond donors (Lipinski definition) is 2. The monoisotopic (exact) mass is 330 g/mol. The summed E-state index contributed by atoms with van der Waals surface area (Å²) in [6.45, 7) is 6.31. The number of carbonyl (C=O) groups is 1. The average Bonchev–Trinajstić information content (AvgIpc) is 3.03. The van der Waals surface area contributed by atoms with Crippen molar-refractivity contribution in [1.82, 2.24) is 5.32 Å². The molecule has 1 aromatic carbocycles. The molecule has 5 nitrogen and oxygen atoms in total. The minimum atomic E-state index is -0.133. The van der Waals surface area contributed by atoms with Crippen LogP contribution in [0.3, 0.4) is 0 Å². The third-order valence-corrected chi connectivity index (χ3v) is 3.66. The minimum absolute atomic E-state index is 0.0697. The highest BCUT2D eigenvalue weighted by molar-refractivity contribution is 5.94. The molecule has 0 radical (unpaired) electrons. The Morgan fingerprint density at radius 1 is 1.25 bits per heavy atom. The Kier molecular flexibility index (Phi) is 6.44. The summed E-state index contributed by atoms with van der Waals surface area (Å²) in [5.74, 6) is 1.36. The molecule has 24 heavy (non-hydrogen) atoms. The number of rotatable bonds is 8. The number of hydrogen-bond acceptors (Lipinski definition) is 4. The zero-order valence-corrected chi connectivity index (χ0v) is 14.5. The number of nitrogens with one attached hydrogen (secondary N) is 1. The van der Waals surface area contributed by atoms with E-state index in [0.29, 0.717) is 17.9 Å². The molecule has 1 atom stereocenters. The van der Waals surface area contributed by atoms with Gasteiger partial charge in [0.25, 0.3) is 5.91 Å². The van der Waals surface area contributed by atoms with Gasteiger partial charge in [-0.15, -0.1) is 0 Å². The van der Waals surface area contributed by atoms with Gasteiger partial charge in [-0.25, -0.2) is 0 Å². The fourth-order valence-corrected chi connectivity index (χ4v) is 2.38. The van der Waals surface area contributed by atoms with Gasteiger partial charge in [0.05, 0.1) is 18.2 Å². The fraction of sp³-hybridized carbons (Fsp3) is 0.421. The Morgan fingerprint density at radius 3 is 2.54 bits per heavy atom. The van der Waals surface area contributed by atoms with Crippen LogP contribution in [0.1, 0.15) is 48.9 Å². The van der Waals surface area contributed by atoms with Gasteiger partial charge < -0.3 is 20.2 Å². The molecular formula is C19H26N2O3. The van der Waals surface area contributed by atoms with Gasteiger partial charge >= 0.3 is 0 Å². The largest absolute Gasteiger partial charge is 0.491 e. The average molecular weight is 330 g/mol. The summed E-state index contributed by atoms with van der Waals surface area (Å²) in [5, 5.41) is 2.98. The van der Waals surface area contributed by atoms with Crippen molar-refractivity contribution in [2.75, 3.05) is 0 Å². The Morgan fingerprint density at radius 2 is 1.96 bits per heavy atom. The Hall–Kier alpha value is -2.27. The maximum atomic E-state index is 12.1. The maximum absolute atomic E-state index is 12.1. The zero-order chi connectivity index (χ0) is 17.5. The van der Waals surface area contributed by atoms with E-state index in [4.69, 9.17) is 14.9 Å². The number of ether oxygens (including phenoxy) is 1. The summed E-state index contributed by atoms with van der Waals surface area (Å²) in [4.78, 5) is 12.1. The van der Waals surface area contributed by atoms with Crippen LogP contribution in [0.4, 0.5) is 0 Å². The second-order valence-corrected chi connectivity index (χ2v) is 6.23. The quantitative estimate of drug-likeness (QED) is 0.778. The number of benzene rings is 1. The SMILES string of the molecule is CC(CCc1ccc(OC(C)C)cc1)NC(=O)c1coc(CN)c1. The standard InChI is InChI=1S/C19H26N2O3/c1-13(2)24-17-8-6-15(7-9-17)5-4-14(3)21-19(22)16-10-18(11-20)23-12-16/h6-10,12-14H,4-5,11,20H2,1-3H3,(H,21,22). The molecule has 0 aliphatic carbocycles. The number of amides is 1. The summed E-state index contributed by atoms with van der Waals surface area (Å²) in [6, 6.07) is 9.85. The van der Waals surface area contributed by atoms with Crippen LogP contribution in [0.5, 0.6) is 5.75 Å². The van der Waals surface area contributed by atoms with E-state index in [1.807, 2.05) is 32.9 Å². The first kappa shape index (κ1) is 18.1. The Bertz CT molecular complexity index is 647. The summed E-state index contributed by atoms with van der Waals surface area (Å²) < 4.78 is 10.8. The minimum Gasteiger partial charge on any atom is -0.491 e. The number of nitrogens with two attached hydrogens (primary N) is 1. The van der Waals surface area contributed by atoms with E-state index in [9.17, 15) is 4.79 Å². The first-order valence-corrected chi connectivity index (χ1v) is 8.32. The van der Waals surface area contributed by atoms with Crippen molar-refractivity contribution in [2.45, 2.75) is 52.3 Å². The van der Waals surface area contributed by atoms with Crippen LogP contribution in [0, 0.1) is 0 Å². The van der Waals surface area contributed by atoms with Crippen LogP contribution >= 0.6 is 0 Å². The molecule has 2 rings (SSSR count). The van der Waals surface area contributed by atoms with E-state index in [1.54, 1.807) is 6.07 Å². The van der Waals surface area contributed by atoms with Crippen LogP contribution in [0.15, 0.2) is 41.0 Å². The van der Waals surface area contributed by atoms with Gasteiger partial charge in [0.15, 0.2) is 0 Å². The van der Waals surface area contributed by atoms with Gasteiger partial charge in [0, 0.05) is 6.04 Å². The highest BCUT2D eigenvalue weighted by atomic mass is 16.5. The lowest BCUT2D eigenvalue weighted by Gasteiger charge is -2.14. The molecule has 2 aromatic rings. The van der Waals surface area contributed by atoms with Gasteiger partial charge in [-0.05, 0) is 57.4 Å². The summed E-state index contributed by atoms with van der Waals surface area (Å²) in [6.07, 6.45) is 3.37. The lowest BCUT2D eigenvalue weighted by atomic mass is 10.1. The lowest BCUT2D eigenvalue weighted by molar-refractivity contribution is 0.0938. The Balaban J connectivity index is 1.80. The molecule has 0 saturated carbocycles. The molecule has 0 saturated heterocycles. The topological polar surface area (TPSA) is 77.5 Å². The third kappa shape index (κ3) is 5.42. The molecule has 130 valence electrons. The second-order valence-electron chi connectivity index (χ2n) is 6.23. The molecule has 1 heterocycles. The first-order chi connectivity index (χ1) is 11.5. The van der Waals surface area contributed by atoms with Gasteiger partial charge in [-0.3, -0.25) is 4.79 Å². The first-order valence-electron chi connectivity index (χ1n) is 8.32. The summed E-state index contributed by atoms with van der Waals surface area (Å²) >= 11 is 0. The van der Waals surface area contributed by atoms with E-state index in [1.165, 1.54) is 11.8 Å². The van der Waals surface area contributed by atoms with E-state index in [-0.39, 0.29) is 18.1 Å². The molecule has 1 unspecified atom stereocenters. The second kappa shape index (κ2) is 8.55. The predicted molar refractivity (Wildman–Crippen MR) is 94.1 cm³/mol. The van der Waals surface area contributed by atoms with Crippen molar-refractivity contribution < 1.29 is 13.9 Å². The van der Waals surface area contributed by atoms with Gasteiger partial charge in [-0.2, -0.15) is 0 Å². The number of furan rings is 1. The maximum Gasteiger partial charge on any atom is 0.254 e. The van der Waals surface area contributed by atoms with Crippen LogP contribution < -0.4 is 15.8 Å². The van der Waals surface area contributed by atoms with Crippen LogP contribution in [-0.4, -0.2) is 18.1 Å². The normalized spacial score (nSPS) is 12.2. The lowest BCUT2D eigenvalue weighted by Crippen LogP contribution is -2.32. The smallest absolute Gasteiger partial charge is 0.254 e. The van der Waals surface area contributed by atoms with E-state index < -0.39 is 0 Å². The third-order valence-electron chi connectivity index (χ3n) is 3.66. The highest BCUT2D eigenvalue weighted by Crippen LogP contribution is 2.15. The van der Waals surface area contributed by atoms with Crippen LogP contribution in [-0.2, 0) is 13.0 Å². The van der Waals surface area contributed by atoms with Crippen molar-refractivity contribution >= 4 is 5.91 Å². The van der Waals surface area contributed by atoms with E-state index in [0.717, 1.165) is 18.6 Å². The predicted octanol–water partition coefficient (Wildman–Crippen LogP) is 3.28. The number of aryl methyl sites for hydroxylation is 1. The molecule has 5 heteroatoms. The van der Waals surface area contributed by atoms with Crippen molar-refractivity contribution in [2.24, 2.45) is 5.73 Å². The Labute approximate surface area is 143 Å². The fourth-order valence-electron chi connectivity index (χ4n) is 2.38. The zero-order valence-electron chi connectivity index (χ0n) is 14.5. The van der Waals surface area contributed by atoms with Crippen LogP contribution in [0.2, 0.25) is 0 Å². The molecule has 3 N–H and O–H groups in total. The van der Waals surface area contributed by atoms with Crippen LogP contribution in [0.25, 0.3) is 0 Å². The summed E-state index contributed by atoms with van der Waals surface area (Å²) in [5.41, 5.74) is 7.21.